The number of morpholine rings is 1. The van der Waals surface area contributed by atoms with Gasteiger partial charge in [-0.25, -0.2) is 27.6 Å². The molecule has 1 aromatic heterocycles. The van der Waals surface area contributed by atoms with Crippen LogP contribution in [0.4, 0.5) is 20.7 Å². The molecule has 39 heavy (non-hydrogen) atoms. The van der Waals surface area contributed by atoms with Crippen molar-refractivity contribution in [3.63, 3.8) is 0 Å². The van der Waals surface area contributed by atoms with Crippen molar-refractivity contribution in [2.24, 2.45) is 0 Å². The van der Waals surface area contributed by atoms with Crippen LogP contribution in [-0.4, -0.2) is 56.3 Å². The molecule has 1 atom stereocenters. The van der Waals surface area contributed by atoms with E-state index < -0.39 is 20.4 Å². The number of amides is 2. The maximum Gasteiger partial charge on any atom is 0.319 e. The van der Waals surface area contributed by atoms with Crippen LogP contribution in [0.25, 0.3) is 11.4 Å². The topological polar surface area (TPSA) is 114 Å². The van der Waals surface area contributed by atoms with E-state index in [-0.39, 0.29) is 23.0 Å². The Morgan fingerprint density at radius 2 is 1.79 bits per heavy atom. The molecule has 2 heterocycles. The number of nitrogens with zero attached hydrogens (tertiary/aromatic N) is 3. The minimum atomic E-state index is -3.84. The summed E-state index contributed by atoms with van der Waals surface area (Å²) in [6, 6.07) is 13.5. The fraction of sp³-hybridized carbons (Fsp3) is 0.393. The lowest BCUT2D eigenvalue weighted by Gasteiger charge is -2.34. The molecule has 2 N–H and O–H groups in total. The molecule has 0 unspecified atom stereocenters. The first-order chi connectivity index (χ1) is 18.6. The highest BCUT2D eigenvalue weighted by Gasteiger charge is 2.58. The third-order valence-electron chi connectivity index (χ3n) is 7.00. The lowest BCUT2D eigenvalue weighted by Crippen LogP contribution is -2.44. The Bertz CT molecular complexity index is 1460. The van der Waals surface area contributed by atoms with Gasteiger partial charge in [0.25, 0.3) is 0 Å². The Kier molecular flexibility index (Phi) is 7.30. The largest absolute Gasteiger partial charge is 0.377 e. The van der Waals surface area contributed by atoms with Crippen LogP contribution in [-0.2, 0) is 19.3 Å². The molecular weight excluding hydrogens is 521 g/mol. The molecule has 9 nitrogen and oxygen atoms in total. The lowest BCUT2D eigenvalue weighted by atomic mass is 10.1. The monoisotopic (exact) mass is 553 g/mol. The molecule has 2 aliphatic rings. The molecule has 206 valence electrons. The summed E-state index contributed by atoms with van der Waals surface area (Å²) in [6.07, 6.45) is 0.824. The summed E-state index contributed by atoms with van der Waals surface area (Å²) in [7, 11) is -3.84. The first kappa shape index (κ1) is 27.0. The number of sulfone groups is 1. The number of hydrogen-bond donors (Lipinski definition) is 2. The Morgan fingerprint density at radius 3 is 2.41 bits per heavy atom. The molecule has 0 radical (unpaired) electrons. The Labute approximate surface area is 227 Å². The first-order valence-corrected chi connectivity index (χ1v) is 14.5. The third kappa shape index (κ3) is 5.46. The third-order valence-corrected chi connectivity index (χ3v) is 9.54. The number of nitrogens with one attached hydrogen (secondary N) is 2. The van der Waals surface area contributed by atoms with Crippen molar-refractivity contribution in [2.75, 3.05) is 30.0 Å². The Hall–Kier alpha value is -3.57. The van der Waals surface area contributed by atoms with E-state index in [2.05, 4.69) is 15.5 Å². The van der Waals surface area contributed by atoms with Crippen molar-refractivity contribution >= 4 is 27.4 Å². The number of carbonyl (C=O) groups excluding carboxylic acids is 1. The highest BCUT2D eigenvalue weighted by atomic mass is 32.2. The molecule has 2 fully saturated rings. The Balaban J connectivity index is 1.54. The summed E-state index contributed by atoms with van der Waals surface area (Å²) in [5.74, 6) is 0.524. The number of carbonyl (C=O) groups is 1. The summed E-state index contributed by atoms with van der Waals surface area (Å²) >= 11 is 0. The van der Waals surface area contributed by atoms with Crippen LogP contribution in [0, 0.1) is 5.82 Å². The van der Waals surface area contributed by atoms with Crippen LogP contribution in [0.15, 0.2) is 59.5 Å². The summed E-state index contributed by atoms with van der Waals surface area (Å²) in [5, 5.41) is 5.57. The summed E-state index contributed by atoms with van der Waals surface area (Å²) in [6.45, 7) is 7.48. The highest BCUT2D eigenvalue weighted by molar-refractivity contribution is 7.92. The maximum absolute atomic E-state index is 13.8. The van der Waals surface area contributed by atoms with Gasteiger partial charge in [-0.3, -0.25) is 0 Å². The molecule has 1 saturated carbocycles. The molecule has 1 aliphatic carbocycles. The quantitative estimate of drug-likeness (QED) is 0.414. The predicted octanol–water partition coefficient (Wildman–Crippen LogP) is 4.50. The second kappa shape index (κ2) is 10.5. The molecule has 0 spiro atoms. The maximum atomic E-state index is 13.8. The van der Waals surface area contributed by atoms with E-state index in [4.69, 9.17) is 14.7 Å². The normalized spacial score (nSPS) is 18.6. The van der Waals surface area contributed by atoms with Gasteiger partial charge in [-0.05, 0) is 82.1 Å². The van der Waals surface area contributed by atoms with Crippen molar-refractivity contribution in [3.05, 3.63) is 66.1 Å². The second-order valence-corrected chi connectivity index (χ2v) is 12.6. The van der Waals surface area contributed by atoms with Crippen molar-refractivity contribution in [2.45, 2.75) is 55.3 Å². The zero-order valence-corrected chi connectivity index (χ0v) is 23.0. The fourth-order valence-corrected chi connectivity index (χ4v) is 6.72. The van der Waals surface area contributed by atoms with Gasteiger partial charge in [0.2, 0.25) is 0 Å². The number of halogens is 1. The van der Waals surface area contributed by atoms with Crippen molar-refractivity contribution < 1.29 is 22.3 Å². The number of urea groups is 1. The molecule has 5 rings (SSSR count). The zero-order valence-electron chi connectivity index (χ0n) is 22.1. The van der Waals surface area contributed by atoms with Crippen LogP contribution in [0.5, 0.6) is 0 Å². The van der Waals surface area contributed by atoms with E-state index >= 15 is 0 Å². The molecule has 1 aliphatic heterocycles. The Morgan fingerprint density at radius 1 is 1.10 bits per heavy atom. The molecular formula is C28H32FN5O4S. The number of anilines is 2. The molecule has 11 heteroatoms. The van der Waals surface area contributed by atoms with Gasteiger partial charge < -0.3 is 20.3 Å². The minimum Gasteiger partial charge on any atom is -0.377 e. The molecule has 2 amide bonds. The standard InChI is InChI=1S/C28H32FN5O4S/c1-18(2)30-27(35)31-22-8-4-20(5-9-22)26-32-24(16-25(33-26)34-14-15-38-17-19(34)3)28(12-13-28)39(36,37)23-10-6-21(29)7-11-23/h4-11,16,18-19H,12-15,17H2,1-3H3,(H2,30,31,35)/t19-/m0/s1. The van der Waals surface area contributed by atoms with E-state index in [9.17, 15) is 17.6 Å². The van der Waals surface area contributed by atoms with Gasteiger partial charge in [0.1, 0.15) is 16.4 Å². The molecule has 2 aromatic carbocycles. The highest BCUT2D eigenvalue weighted by Crippen LogP contribution is 2.55. The van der Waals surface area contributed by atoms with Gasteiger partial charge in [0, 0.05) is 29.9 Å². The van der Waals surface area contributed by atoms with Crippen LogP contribution in [0.3, 0.4) is 0 Å². The van der Waals surface area contributed by atoms with Gasteiger partial charge in [0.05, 0.1) is 29.8 Å². The molecule has 1 saturated heterocycles. The van der Waals surface area contributed by atoms with Crippen molar-refractivity contribution in [1.29, 1.82) is 0 Å². The minimum absolute atomic E-state index is 0.00217. The SMILES string of the molecule is CC(C)NC(=O)Nc1ccc(-c2nc(N3CCOC[C@@H]3C)cc(C3(S(=O)(=O)c4ccc(F)cc4)CC3)n2)cc1. The van der Waals surface area contributed by atoms with Crippen LogP contribution >= 0.6 is 0 Å². The van der Waals surface area contributed by atoms with Crippen LogP contribution in [0.2, 0.25) is 0 Å². The first-order valence-electron chi connectivity index (χ1n) is 13.0. The fourth-order valence-electron chi connectivity index (χ4n) is 4.76. The van der Waals surface area contributed by atoms with Gasteiger partial charge in [0.15, 0.2) is 15.7 Å². The zero-order chi connectivity index (χ0) is 27.8. The average molecular weight is 554 g/mol. The molecule has 0 bridgehead atoms. The summed E-state index contributed by atoms with van der Waals surface area (Å²) < 4.78 is 45.5. The van der Waals surface area contributed by atoms with Gasteiger partial charge in [-0.15, -0.1) is 0 Å². The van der Waals surface area contributed by atoms with Crippen LogP contribution < -0.4 is 15.5 Å². The second-order valence-electron chi connectivity index (χ2n) is 10.3. The summed E-state index contributed by atoms with van der Waals surface area (Å²) in [5.41, 5.74) is 1.71. The summed E-state index contributed by atoms with van der Waals surface area (Å²) in [4.78, 5) is 23.9. The van der Waals surface area contributed by atoms with E-state index in [0.29, 0.717) is 61.2 Å². The van der Waals surface area contributed by atoms with Crippen LogP contribution in [0.1, 0.15) is 39.3 Å². The predicted molar refractivity (Wildman–Crippen MR) is 147 cm³/mol. The van der Waals surface area contributed by atoms with Gasteiger partial charge in [-0.1, -0.05) is 0 Å². The average Bonchev–Trinajstić information content (AvgIpc) is 3.72. The van der Waals surface area contributed by atoms with Crippen molar-refractivity contribution in [3.8, 4) is 11.4 Å². The molecule has 3 aromatic rings. The number of aromatic nitrogens is 2. The lowest BCUT2D eigenvalue weighted by molar-refractivity contribution is 0.0985. The van der Waals surface area contributed by atoms with Gasteiger partial charge >= 0.3 is 6.03 Å². The smallest absolute Gasteiger partial charge is 0.319 e. The number of hydrogen-bond acceptors (Lipinski definition) is 7. The number of ether oxygens (including phenoxy) is 1. The van der Waals surface area contributed by atoms with E-state index in [0.717, 1.165) is 12.1 Å². The van der Waals surface area contributed by atoms with E-state index in [1.54, 1.807) is 30.3 Å². The van der Waals surface area contributed by atoms with Crippen molar-refractivity contribution in [1.82, 2.24) is 15.3 Å². The number of rotatable bonds is 7. The van der Waals surface area contributed by atoms with E-state index in [1.807, 2.05) is 20.8 Å². The number of benzene rings is 2. The van der Waals surface area contributed by atoms with Gasteiger partial charge in [-0.2, -0.15) is 0 Å². The van der Waals surface area contributed by atoms with E-state index in [1.165, 1.54) is 12.1 Å².